The molecule has 1 aromatic carbocycles. The minimum absolute atomic E-state index is 0.0482. The van der Waals surface area contributed by atoms with Gasteiger partial charge in [0, 0.05) is 37.2 Å². The first kappa shape index (κ1) is 19.5. The lowest BCUT2D eigenvalue weighted by molar-refractivity contribution is -0.140. The standard InChI is InChI=1S/C22H19FN4O3/c23-16-7-5-15(6-8-16)20(28)18-19(17-4-1-2-9-25-17)27(22(30)21(18)29)12-3-11-26-13-10-24-14-26/h1-2,4-10,13-14,19,28H,3,11-12H2. The fraction of sp³-hybridized carbons (Fsp3) is 0.182. The molecule has 0 saturated carbocycles. The number of aliphatic hydroxyl groups is 1. The van der Waals surface area contributed by atoms with Gasteiger partial charge in [0.15, 0.2) is 0 Å². The number of imidazole rings is 1. The van der Waals surface area contributed by atoms with Crippen molar-refractivity contribution in [2.45, 2.75) is 19.0 Å². The van der Waals surface area contributed by atoms with Gasteiger partial charge in [0.05, 0.1) is 17.6 Å². The molecule has 0 aliphatic carbocycles. The number of pyridine rings is 1. The van der Waals surface area contributed by atoms with Crippen molar-refractivity contribution in [2.75, 3.05) is 6.54 Å². The lowest BCUT2D eigenvalue weighted by Crippen LogP contribution is -2.31. The molecule has 1 unspecified atom stereocenters. The van der Waals surface area contributed by atoms with Crippen LogP contribution in [0.1, 0.15) is 23.7 Å². The number of likely N-dealkylation sites (tertiary alicyclic amines) is 1. The third kappa shape index (κ3) is 3.71. The Morgan fingerprint density at radius 2 is 1.87 bits per heavy atom. The minimum atomic E-state index is -0.820. The van der Waals surface area contributed by atoms with E-state index in [-0.39, 0.29) is 16.9 Å². The van der Waals surface area contributed by atoms with E-state index in [2.05, 4.69) is 9.97 Å². The van der Waals surface area contributed by atoms with Crippen LogP contribution in [0.3, 0.4) is 0 Å². The van der Waals surface area contributed by atoms with Gasteiger partial charge in [-0.15, -0.1) is 0 Å². The number of halogens is 1. The molecule has 1 fully saturated rings. The summed E-state index contributed by atoms with van der Waals surface area (Å²) in [6.07, 6.45) is 7.32. The van der Waals surface area contributed by atoms with Gasteiger partial charge >= 0.3 is 0 Å². The molecule has 1 aliphatic rings. The summed E-state index contributed by atoms with van der Waals surface area (Å²) in [7, 11) is 0. The average Bonchev–Trinajstić information content (AvgIpc) is 3.37. The third-order valence-electron chi connectivity index (χ3n) is 5.00. The number of aromatic nitrogens is 3. The summed E-state index contributed by atoms with van der Waals surface area (Å²) in [5.41, 5.74) is 0.685. The van der Waals surface area contributed by atoms with Gasteiger partial charge in [0.25, 0.3) is 11.7 Å². The Labute approximate surface area is 172 Å². The van der Waals surface area contributed by atoms with Crippen LogP contribution in [0.2, 0.25) is 0 Å². The largest absolute Gasteiger partial charge is 0.507 e. The van der Waals surface area contributed by atoms with E-state index in [9.17, 15) is 19.1 Å². The van der Waals surface area contributed by atoms with Gasteiger partial charge in [0.1, 0.15) is 17.6 Å². The fourth-order valence-electron chi connectivity index (χ4n) is 3.56. The van der Waals surface area contributed by atoms with Crippen molar-refractivity contribution in [3.05, 3.63) is 90.0 Å². The highest BCUT2D eigenvalue weighted by Gasteiger charge is 2.46. The van der Waals surface area contributed by atoms with Crippen molar-refractivity contribution in [1.82, 2.24) is 19.4 Å². The Bertz CT molecular complexity index is 1080. The number of benzene rings is 1. The summed E-state index contributed by atoms with van der Waals surface area (Å²) in [4.78, 5) is 35.4. The molecule has 7 nitrogen and oxygen atoms in total. The third-order valence-corrected chi connectivity index (χ3v) is 5.00. The van der Waals surface area contributed by atoms with Gasteiger partial charge in [-0.25, -0.2) is 9.37 Å². The van der Waals surface area contributed by atoms with Crippen LogP contribution in [0.5, 0.6) is 0 Å². The maximum absolute atomic E-state index is 13.3. The monoisotopic (exact) mass is 406 g/mol. The molecule has 1 amide bonds. The number of amides is 1. The molecule has 3 aromatic rings. The van der Waals surface area contributed by atoms with Crippen molar-refractivity contribution in [3.63, 3.8) is 0 Å². The van der Waals surface area contributed by atoms with E-state index in [0.717, 1.165) is 0 Å². The summed E-state index contributed by atoms with van der Waals surface area (Å²) in [6, 6.07) is 9.48. The molecule has 1 N–H and O–H groups in total. The second kappa shape index (κ2) is 8.28. The maximum atomic E-state index is 13.3. The van der Waals surface area contributed by atoms with E-state index in [1.54, 1.807) is 36.9 Å². The predicted octanol–water partition coefficient (Wildman–Crippen LogP) is 2.93. The van der Waals surface area contributed by atoms with Crippen LogP contribution in [0.4, 0.5) is 4.39 Å². The number of aliphatic hydroxyl groups excluding tert-OH is 1. The smallest absolute Gasteiger partial charge is 0.295 e. The summed E-state index contributed by atoms with van der Waals surface area (Å²) in [5, 5.41) is 10.8. The van der Waals surface area contributed by atoms with Crippen molar-refractivity contribution in [2.24, 2.45) is 0 Å². The molecule has 152 valence electrons. The number of nitrogens with zero attached hydrogens (tertiary/aromatic N) is 4. The number of carbonyl (C=O) groups is 2. The Morgan fingerprint density at radius 1 is 1.07 bits per heavy atom. The van der Waals surface area contributed by atoms with E-state index >= 15 is 0 Å². The molecule has 1 aliphatic heterocycles. The number of carbonyl (C=O) groups excluding carboxylic acids is 2. The molecular weight excluding hydrogens is 387 g/mol. The number of hydrogen-bond acceptors (Lipinski definition) is 5. The first-order chi connectivity index (χ1) is 14.6. The molecule has 1 saturated heterocycles. The predicted molar refractivity (Wildman–Crippen MR) is 106 cm³/mol. The van der Waals surface area contributed by atoms with E-state index in [0.29, 0.717) is 25.2 Å². The Kier molecular flexibility index (Phi) is 5.38. The highest BCUT2D eigenvalue weighted by molar-refractivity contribution is 6.46. The van der Waals surface area contributed by atoms with Crippen molar-refractivity contribution < 1.29 is 19.1 Å². The maximum Gasteiger partial charge on any atom is 0.295 e. The zero-order chi connectivity index (χ0) is 21.1. The lowest BCUT2D eigenvalue weighted by atomic mass is 9.98. The molecule has 2 aromatic heterocycles. The SMILES string of the molecule is O=C1C(=O)N(CCCn2ccnc2)C(c2ccccn2)C1=C(O)c1ccc(F)cc1. The molecule has 0 bridgehead atoms. The van der Waals surface area contributed by atoms with Crippen LogP contribution in [0, 0.1) is 5.82 Å². The first-order valence-electron chi connectivity index (χ1n) is 9.47. The minimum Gasteiger partial charge on any atom is -0.507 e. The molecule has 0 spiro atoms. The van der Waals surface area contributed by atoms with Crippen LogP contribution in [-0.4, -0.2) is 42.8 Å². The van der Waals surface area contributed by atoms with Gasteiger partial charge in [0.2, 0.25) is 0 Å². The molecule has 4 rings (SSSR count). The summed E-state index contributed by atoms with van der Waals surface area (Å²) < 4.78 is 15.2. The average molecular weight is 406 g/mol. The number of ketones is 1. The molecular formula is C22H19FN4O3. The number of hydrogen-bond donors (Lipinski definition) is 1. The first-order valence-corrected chi connectivity index (χ1v) is 9.47. The number of rotatable bonds is 6. The normalized spacial score (nSPS) is 18.2. The Morgan fingerprint density at radius 3 is 2.53 bits per heavy atom. The van der Waals surface area contributed by atoms with Gasteiger partial charge in [-0.05, 0) is 42.8 Å². The molecule has 0 radical (unpaired) electrons. The van der Waals surface area contributed by atoms with Crippen LogP contribution in [0.25, 0.3) is 5.76 Å². The Hall–Kier alpha value is -3.81. The highest BCUT2D eigenvalue weighted by atomic mass is 19.1. The highest BCUT2D eigenvalue weighted by Crippen LogP contribution is 2.38. The van der Waals surface area contributed by atoms with Gasteiger partial charge in [-0.2, -0.15) is 0 Å². The molecule has 30 heavy (non-hydrogen) atoms. The quantitative estimate of drug-likeness (QED) is 0.386. The van der Waals surface area contributed by atoms with E-state index in [1.807, 2.05) is 10.8 Å². The van der Waals surface area contributed by atoms with Crippen molar-refractivity contribution >= 4 is 17.4 Å². The van der Waals surface area contributed by atoms with Crippen LogP contribution in [0.15, 0.2) is 73.0 Å². The number of Topliss-reactive ketones (excluding diaryl/α,β-unsaturated/α-hetero) is 1. The zero-order valence-corrected chi connectivity index (χ0v) is 16.0. The summed E-state index contributed by atoms with van der Waals surface area (Å²) in [6.45, 7) is 0.917. The summed E-state index contributed by atoms with van der Waals surface area (Å²) in [5.74, 6) is -2.29. The van der Waals surface area contributed by atoms with Gasteiger partial charge in [-0.1, -0.05) is 6.07 Å². The van der Waals surface area contributed by atoms with Gasteiger partial charge < -0.3 is 14.6 Å². The fourth-order valence-corrected chi connectivity index (χ4v) is 3.56. The Balaban J connectivity index is 1.71. The van der Waals surface area contributed by atoms with E-state index in [1.165, 1.54) is 29.2 Å². The van der Waals surface area contributed by atoms with Crippen LogP contribution in [-0.2, 0) is 16.1 Å². The van der Waals surface area contributed by atoms with Crippen LogP contribution < -0.4 is 0 Å². The van der Waals surface area contributed by atoms with Crippen LogP contribution >= 0.6 is 0 Å². The second-order valence-electron chi connectivity index (χ2n) is 6.91. The zero-order valence-electron chi connectivity index (χ0n) is 16.0. The lowest BCUT2D eigenvalue weighted by Gasteiger charge is -2.24. The second-order valence-corrected chi connectivity index (χ2v) is 6.91. The molecule has 1 atom stereocenters. The number of aryl methyl sites for hydroxylation is 1. The van der Waals surface area contributed by atoms with E-state index in [4.69, 9.17) is 0 Å². The van der Waals surface area contributed by atoms with Crippen molar-refractivity contribution in [3.8, 4) is 0 Å². The summed E-state index contributed by atoms with van der Waals surface area (Å²) >= 11 is 0. The van der Waals surface area contributed by atoms with Gasteiger partial charge in [-0.3, -0.25) is 14.6 Å². The topological polar surface area (TPSA) is 88.3 Å². The molecule has 8 heteroatoms. The molecule has 3 heterocycles. The van der Waals surface area contributed by atoms with Crippen molar-refractivity contribution in [1.29, 1.82) is 0 Å². The van der Waals surface area contributed by atoms with E-state index < -0.39 is 23.5 Å².